The van der Waals surface area contributed by atoms with Crippen LogP contribution in [-0.4, -0.2) is 36.6 Å². The lowest BCUT2D eigenvalue weighted by molar-refractivity contribution is -0.141. The Morgan fingerprint density at radius 1 is 1.16 bits per heavy atom. The molecule has 3 aromatic rings. The first-order valence-corrected chi connectivity index (χ1v) is 12.2. The summed E-state index contributed by atoms with van der Waals surface area (Å²) >= 11 is 0. The van der Waals surface area contributed by atoms with Crippen molar-refractivity contribution in [1.82, 2.24) is 19.7 Å². The smallest absolute Gasteiger partial charge is 0.433 e. The van der Waals surface area contributed by atoms with Crippen LogP contribution in [0.2, 0.25) is 0 Å². The van der Waals surface area contributed by atoms with Crippen LogP contribution < -0.4 is 15.2 Å². The number of hydrogen-bond donors (Lipinski definition) is 2. The highest BCUT2D eigenvalue weighted by atomic mass is 32.2. The van der Waals surface area contributed by atoms with Gasteiger partial charge in [0.1, 0.15) is 22.1 Å². The summed E-state index contributed by atoms with van der Waals surface area (Å²) in [5.74, 6) is -0.777. The molecule has 0 saturated carbocycles. The van der Waals surface area contributed by atoms with Gasteiger partial charge in [0.05, 0.1) is 19.3 Å². The number of nitrogens with one attached hydrogen (secondary N) is 1. The predicted molar refractivity (Wildman–Crippen MR) is 121 cm³/mol. The number of hydrogen-bond acceptors (Lipinski definition) is 6. The number of fused-ring (bicyclic) bond motifs is 1. The van der Waals surface area contributed by atoms with E-state index in [-0.39, 0.29) is 33.9 Å². The molecule has 1 aliphatic rings. The third-order valence-corrected chi connectivity index (χ3v) is 6.59. The third-order valence-electron chi connectivity index (χ3n) is 5.24. The highest BCUT2D eigenvalue weighted by Gasteiger charge is 2.35. The number of ether oxygens (including phenoxy) is 1. The Balaban J connectivity index is 1.73. The largest absolute Gasteiger partial charge is 0.476 e. The van der Waals surface area contributed by atoms with Crippen molar-refractivity contribution in [3.8, 4) is 17.0 Å². The number of pyridine rings is 2. The van der Waals surface area contributed by atoms with Gasteiger partial charge in [-0.15, -0.1) is 4.36 Å². The average molecular weight is 563 g/mol. The van der Waals surface area contributed by atoms with Crippen LogP contribution in [-0.2, 0) is 28.8 Å². The molecule has 38 heavy (non-hydrogen) atoms. The normalized spacial score (nSPS) is 16.7. The fraction of sp³-hybridized carbons (Fsp3) is 0.333. The molecule has 0 radical (unpaired) electrons. The number of anilines is 1. The van der Waals surface area contributed by atoms with Crippen molar-refractivity contribution in [2.24, 2.45) is 14.9 Å². The molecule has 0 aliphatic carbocycles. The van der Waals surface area contributed by atoms with E-state index in [0.717, 1.165) is 24.5 Å². The lowest BCUT2D eigenvalue weighted by Gasteiger charge is -2.30. The molecule has 0 spiro atoms. The van der Waals surface area contributed by atoms with Crippen LogP contribution in [0.1, 0.15) is 25.2 Å². The van der Waals surface area contributed by atoms with E-state index in [9.17, 15) is 35.3 Å². The number of nitrogens with two attached hydrogens (primary N) is 1. The van der Waals surface area contributed by atoms with Gasteiger partial charge >= 0.3 is 18.4 Å². The van der Waals surface area contributed by atoms with Crippen LogP contribution in [0.5, 0.6) is 5.88 Å². The minimum Gasteiger partial charge on any atom is -0.476 e. The Labute approximate surface area is 211 Å². The molecule has 17 heteroatoms. The monoisotopic (exact) mass is 563 g/mol. The highest BCUT2D eigenvalue weighted by Crippen LogP contribution is 2.36. The van der Waals surface area contributed by atoms with Crippen LogP contribution in [0.15, 0.2) is 45.9 Å². The van der Waals surface area contributed by atoms with Gasteiger partial charge in [0, 0.05) is 17.2 Å². The molecule has 3 aromatic heterocycles. The molecule has 2 amide bonds. The molecule has 0 saturated heterocycles. The Bertz CT molecular complexity index is 1520. The first kappa shape index (κ1) is 27.3. The van der Waals surface area contributed by atoms with Crippen molar-refractivity contribution in [3.63, 3.8) is 0 Å². The molecule has 4 rings (SSSR count). The van der Waals surface area contributed by atoms with Crippen LogP contribution in [0.3, 0.4) is 0 Å². The number of aromatic nitrogens is 4. The van der Waals surface area contributed by atoms with Gasteiger partial charge in [0.2, 0.25) is 5.88 Å². The fourth-order valence-electron chi connectivity index (χ4n) is 3.53. The predicted octanol–water partition coefficient (Wildman–Crippen LogP) is 4.73. The van der Waals surface area contributed by atoms with Gasteiger partial charge in [-0.3, -0.25) is 10.3 Å². The van der Waals surface area contributed by atoms with E-state index in [1.807, 2.05) is 19.2 Å². The van der Waals surface area contributed by atoms with E-state index < -0.39 is 45.5 Å². The maximum absolute atomic E-state index is 13.3. The summed E-state index contributed by atoms with van der Waals surface area (Å²) in [6, 6.07) is 1.54. The van der Waals surface area contributed by atoms with Gasteiger partial charge < -0.3 is 4.74 Å². The molecule has 10 nitrogen and oxygen atoms in total. The van der Waals surface area contributed by atoms with Crippen molar-refractivity contribution >= 4 is 21.8 Å². The number of urea groups is 1. The van der Waals surface area contributed by atoms with Crippen molar-refractivity contribution in [3.05, 3.63) is 48.0 Å². The summed E-state index contributed by atoms with van der Waals surface area (Å²) in [5, 5.41) is 11.8. The minimum atomic E-state index is -4.95. The second-order valence-corrected chi connectivity index (χ2v) is 10.8. The molecular weight excluding hydrogens is 544 g/mol. The molecule has 3 N–H and O–H groups in total. The second-order valence-electron chi connectivity index (χ2n) is 9.03. The molecule has 1 atom stereocenters. The molecule has 0 bridgehead atoms. The van der Waals surface area contributed by atoms with Crippen molar-refractivity contribution in [2.45, 2.75) is 37.6 Å². The number of alkyl halides is 6. The quantitative estimate of drug-likeness (QED) is 0.442. The van der Waals surface area contributed by atoms with Gasteiger partial charge in [-0.05, 0) is 29.8 Å². The third kappa shape index (κ3) is 5.72. The maximum atomic E-state index is 13.3. The summed E-state index contributed by atoms with van der Waals surface area (Å²) in [6.45, 7) is 4.40. The molecule has 0 aromatic carbocycles. The topological polar surface area (TPSA) is 137 Å². The Morgan fingerprint density at radius 2 is 1.84 bits per heavy atom. The molecular formula is C21H19F6N7O3S. The number of carbonyl (C=O) groups is 1. The average Bonchev–Trinajstić information content (AvgIpc) is 3.20. The number of amides is 2. The van der Waals surface area contributed by atoms with Crippen molar-refractivity contribution in [2.75, 3.05) is 11.9 Å². The molecule has 1 aliphatic heterocycles. The van der Waals surface area contributed by atoms with E-state index in [1.54, 1.807) is 0 Å². The van der Waals surface area contributed by atoms with Crippen LogP contribution in [0.4, 0.5) is 37.0 Å². The SMILES string of the molecule is CC1(C)COc2c([S@](N)(=O)=NC(=O)Nc3nc(C(F)(F)F)ccc3-c3ccnc(C(F)(F)F)c3)cnn2C1. The number of nitrogens with zero attached hydrogens (tertiary/aromatic N) is 5. The van der Waals surface area contributed by atoms with Crippen molar-refractivity contribution < 1.29 is 40.1 Å². The number of rotatable bonds is 3. The fourth-order valence-corrected chi connectivity index (χ4v) is 4.53. The van der Waals surface area contributed by atoms with Crippen molar-refractivity contribution in [1.29, 1.82) is 0 Å². The second kappa shape index (κ2) is 9.23. The Kier molecular flexibility index (Phi) is 6.63. The summed E-state index contributed by atoms with van der Waals surface area (Å²) < 4.78 is 103. The number of carbonyl (C=O) groups excluding carboxylic acids is 1. The van der Waals surface area contributed by atoms with E-state index in [0.29, 0.717) is 18.7 Å². The molecule has 4 heterocycles. The van der Waals surface area contributed by atoms with E-state index >= 15 is 0 Å². The molecule has 204 valence electrons. The molecule has 0 fully saturated rings. The summed E-state index contributed by atoms with van der Waals surface area (Å²) in [6.07, 6.45) is -7.90. The standard InChI is InChI=1S/C21H19F6N7O3S/c1-19(2)9-34-17(37-10-19)13(8-30-34)38(28,36)33-18(35)32-16-12(3-4-14(31-16)20(22,23)24)11-5-6-29-15(7-11)21(25,26)27/h3-8H,9-10H2,1-2H3,(H3,28,31,32,33,35,36)/t38-/m1/s1. The van der Waals surface area contributed by atoms with Gasteiger partial charge in [0.25, 0.3) is 0 Å². The lowest BCUT2D eigenvalue weighted by Crippen LogP contribution is -2.33. The highest BCUT2D eigenvalue weighted by molar-refractivity contribution is 7.91. The lowest BCUT2D eigenvalue weighted by atomic mass is 9.94. The van der Waals surface area contributed by atoms with Crippen LogP contribution in [0.25, 0.3) is 11.1 Å². The van der Waals surface area contributed by atoms with Gasteiger partial charge in [-0.25, -0.2) is 23.8 Å². The maximum Gasteiger partial charge on any atom is 0.433 e. The Hall–Kier alpha value is -3.73. The van der Waals surface area contributed by atoms with Gasteiger partial charge in [0.15, 0.2) is 9.92 Å². The summed E-state index contributed by atoms with van der Waals surface area (Å²) in [5.41, 5.74) is -3.64. The van der Waals surface area contributed by atoms with E-state index in [4.69, 9.17) is 9.88 Å². The van der Waals surface area contributed by atoms with Crippen LogP contribution in [0, 0.1) is 5.41 Å². The summed E-state index contributed by atoms with van der Waals surface area (Å²) in [7, 11) is -4.01. The zero-order chi connectivity index (χ0) is 28.1. The Morgan fingerprint density at radius 3 is 2.50 bits per heavy atom. The minimum absolute atomic E-state index is 0.0164. The van der Waals surface area contributed by atoms with E-state index in [1.165, 1.54) is 4.68 Å². The first-order valence-electron chi connectivity index (χ1n) is 10.6. The number of halogens is 6. The zero-order valence-electron chi connectivity index (χ0n) is 19.6. The van der Waals surface area contributed by atoms with E-state index in [2.05, 4.69) is 19.4 Å². The zero-order valence-corrected chi connectivity index (χ0v) is 20.4. The first-order chi connectivity index (χ1) is 17.5. The summed E-state index contributed by atoms with van der Waals surface area (Å²) in [4.78, 5) is 19.0. The van der Waals surface area contributed by atoms with Gasteiger partial charge in [-0.1, -0.05) is 13.8 Å². The van der Waals surface area contributed by atoms with Crippen LogP contribution >= 0.6 is 0 Å². The molecule has 0 unspecified atom stereocenters. The van der Waals surface area contributed by atoms with Gasteiger partial charge in [-0.2, -0.15) is 31.4 Å².